The van der Waals surface area contributed by atoms with Gasteiger partial charge >= 0.3 is 0 Å². The zero-order valence-corrected chi connectivity index (χ0v) is 10.9. The number of aromatic nitrogens is 3. The maximum absolute atomic E-state index is 11.5. The molecule has 0 aliphatic carbocycles. The molecule has 0 spiro atoms. The van der Waals surface area contributed by atoms with Crippen LogP contribution in [0.2, 0.25) is 0 Å². The van der Waals surface area contributed by atoms with Gasteiger partial charge in [-0.2, -0.15) is 0 Å². The first kappa shape index (κ1) is 14.4. The zero-order valence-electron chi connectivity index (χ0n) is 10.9. The Morgan fingerprint density at radius 3 is 2.94 bits per heavy atom. The van der Waals surface area contributed by atoms with Gasteiger partial charge in [-0.1, -0.05) is 0 Å². The molecule has 7 heteroatoms. The number of rotatable bonds is 8. The Hall–Kier alpha value is -1.63. The lowest BCUT2D eigenvalue weighted by Crippen LogP contribution is -2.28. The summed E-state index contributed by atoms with van der Waals surface area (Å²) in [6.45, 7) is 5.53. The average molecular weight is 255 g/mol. The van der Waals surface area contributed by atoms with E-state index in [1.165, 1.54) is 11.0 Å². The summed E-state index contributed by atoms with van der Waals surface area (Å²) in [4.78, 5) is 15.2. The minimum absolute atomic E-state index is 0.0929. The highest BCUT2D eigenvalue weighted by Crippen LogP contribution is 1.94. The maximum Gasteiger partial charge on any atom is 0.241 e. The van der Waals surface area contributed by atoms with E-state index in [9.17, 15) is 4.79 Å². The lowest BCUT2D eigenvalue weighted by atomic mass is 10.3. The molecule has 0 atom stereocenters. The van der Waals surface area contributed by atoms with Crippen LogP contribution in [0, 0.1) is 0 Å². The Morgan fingerprint density at radius 2 is 2.33 bits per heavy atom. The van der Waals surface area contributed by atoms with Crippen molar-refractivity contribution in [2.75, 3.05) is 18.9 Å². The Labute approximate surface area is 107 Å². The summed E-state index contributed by atoms with van der Waals surface area (Å²) in [6.07, 6.45) is 3.54. The van der Waals surface area contributed by atoms with E-state index in [-0.39, 0.29) is 24.5 Å². The summed E-state index contributed by atoms with van der Waals surface area (Å²) in [6, 6.07) is 0. The normalized spacial score (nSPS) is 10.8. The summed E-state index contributed by atoms with van der Waals surface area (Å²) >= 11 is 0. The van der Waals surface area contributed by atoms with Crippen LogP contribution >= 0.6 is 0 Å². The molecule has 18 heavy (non-hydrogen) atoms. The maximum atomic E-state index is 11.5. The largest absolute Gasteiger partial charge is 0.379 e. The van der Waals surface area contributed by atoms with Gasteiger partial charge in [0.1, 0.15) is 12.9 Å². The third-order valence-corrected chi connectivity index (χ3v) is 2.20. The van der Waals surface area contributed by atoms with Gasteiger partial charge in [0, 0.05) is 13.2 Å². The predicted octanol–water partition coefficient (Wildman–Crippen LogP) is 0.182. The third kappa shape index (κ3) is 6.19. The summed E-state index contributed by atoms with van der Waals surface area (Å²) < 4.78 is 6.81. The summed E-state index contributed by atoms with van der Waals surface area (Å²) in [5, 5.41) is 6.63. The lowest BCUT2D eigenvalue weighted by molar-refractivity contribution is -0.121. The fourth-order valence-corrected chi connectivity index (χ4v) is 1.36. The second-order valence-corrected chi connectivity index (χ2v) is 4.28. The number of nitrogens with one attached hydrogen (secondary N) is 1. The van der Waals surface area contributed by atoms with E-state index in [4.69, 9.17) is 10.5 Å². The van der Waals surface area contributed by atoms with Crippen molar-refractivity contribution in [3.63, 3.8) is 0 Å². The highest BCUT2D eigenvalue weighted by molar-refractivity contribution is 5.75. The Balaban J connectivity index is 2.03. The molecular weight excluding hydrogens is 234 g/mol. The Morgan fingerprint density at radius 1 is 1.56 bits per heavy atom. The van der Waals surface area contributed by atoms with E-state index in [0.717, 1.165) is 19.4 Å². The topological polar surface area (TPSA) is 95.1 Å². The van der Waals surface area contributed by atoms with Gasteiger partial charge in [-0.25, -0.2) is 9.67 Å². The van der Waals surface area contributed by atoms with Crippen LogP contribution in [0.15, 0.2) is 6.33 Å². The minimum Gasteiger partial charge on any atom is -0.379 e. The number of ether oxygens (including phenoxy) is 1. The standard InChI is InChI=1S/C11H21N5O2/c1-9(2)18-6-4-3-5-13-10(17)7-16-8-14-11(12)15-16/h8-9H,3-7H2,1-2H3,(H2,12,15)(H,13,17). The number of anilines is 1. The molecule has 0 saturated heterocycles. The molecule has 0 aliphatic rings. The molecule has 1 aromatic heterocycles. The molecule has 3 N–H and O–H groups in total. The molecule has 0 aliphatic heterocycles. The molecule has 0 bridgehead atoms. The Bertz CT molecular complexity index is 364. The van der Waals surface area contributed by atoms with Gasteiger partial charge < -0.3 is 15.8 Å². The summed E-state index contributed by atoms with van der Waals surface area (Å²) in [5.74, 6) is 0.0818. The highest BCUT2D eigenvalue weighted by Gasteiger charge is 2.03. The molecule has 0 saturated carbocycles. The molecule has 1 aromatic rings. The summed E-state index contributed by atoms with van der Waals surface area (Å²) in [7, 11) is 0. The molecule has 1 amide bonds. The number of hydrogen-bond donors (Lipinski definition) is 2. The molecule has 0 unspecified atom stereocenters. The highest BCUT2D eigenvalue weighted by atomic mass is 16.5. The van der Waals surface area contributed by atoms with Crippen molar-refractivity contribution >= 4 is 11.9 Å². The molecule has 0 radical (unpaired) electrons. The smallest absolute Gasteiger partial charge is 0.241 e. The van der Waals surface area contributed by atoms with E-state index < -0.39 is 0 Å². The van der Waals surface area contributed by atoms with Crippen molar-refractivity contribution in [1.29, 1.82) is 0 Å². The van der Waals surface area contributed by atoms with Crippen molar-refractivity contribution in [3.8, 4) is 0 Å². The SMILES string of the molecule is CC(C)OCCCCNC(=O)Cn1cnc(N)n1. The summed E-state index contributed by atoms with van der Waals surface area (Å²) in [5.41, 5.74) is 5.35. The molecule has 102 valence electrons. The average Bonchev–Trinajstić information content (AvgIpc) is 2.68. The minimum atomic E-state index is -0.0929. The van der Waals surface area contributed by atoms with E-state index in [1.807, 2.05) is 13.8 Å². The van der Waals surface area contributed by atoms with Crippen molar-refractivity contribution in [3.05, 3.63) is 6.33 Å². The van der Waals surface area contributed by atoms with Crippen LogP contribution in [0.4, 0.5) is 5.95 Å². The monoisotopic (exact) mass is 255 g/mol. The van der Waals surface area contributed by atoms with Crippen LogP contribution in [0.5, 0.6) is 0 Å². The van der Waals surface area contributed by atoms with Gasteiger partial charge in [0.15, 0.2) is 0 Å². The number of carbonyl (C=O) groups is 1. The molecule has 1 heterocycles. The van der Waals surface area contributed by atoms with Crippen molar-refractivity contribution in [2.24, 2.45) is 0 Å². The van der Waals surface area contributed by atoms with Crippen LogP contribution < -0.4 is 11.1 Å². The van der Waals surface area contributed by atoms with Crippen LogP contribution in [-0.2, 0) is 16.1 Å². The fourth-order valence-electron chi connectivity index (χ4n) is 1.36. The second-order valence-electron chi connectivity index (χ2n) is 4.28. The number of nitrogens with two attached hydrogens (primary N) is 1. The number of unbranched alkanes of at least 4 members (excludes halogenated alkanes) is 1. The molecular formula is C11H21N5O2. The van der Waals surface area contributed by atoms with Gasteiger partial charge in [-0.3, -0.25) is 4.79 Å². The number of hydrogen-bond acceptors (Lipinski definition) is 5. The first-order valence-electron chi connectivity index (χ1n) is 6.11. The first-order chi connectivity index (χ1) is 8.58. The zero-order chi connectivity index (χ0) is 13.4. The van der Waals surface area contributed by atoms with Crippen molar-refractivity contribution < 1.29 is 9.53 Å². The van der Waals surface area contributed by atoms with Gasteiger partial charge in [0.2, 0.25) is 11.9 Å². The fraction of sp³-hybridized carbons (Fsp3) is 0.727. The van der Waals surface area contributed by atoms with Crippen molar-refractivity contribution in [2.45, 2.75) is 39.3 Å². The van der Waals surface area contributed by atoms with Crippen LogP contribution in [0.3, 0.4) is 0 Å². The molecule has 0 fully saturated rings. The van der Waals surface area contributed by atoms with E-state index in [0.29, 0.717) is 6.54 Å². The number of nitrogen functional groups attached to an aromatic ring is 1. The number of carbonyl (C=O) groups excluding carboxylic acids is 1. The lowest BCUT2D eigenvalue weighted by Gasteiger charge is -2.07. The van der Waals surface area contributed by atoms with Crippen LogP contribution in [-0.4, -0.2) is 39.9 Å². The van der Waals surface area contributed by atoms with Crippen LogP contribution in [0.1, 0.15) is 26.7 Å². The third-order valence-electron chi connectivity index (χ3n) is 2.20. The van der Waals surface area contributed by atoms with Gasteiger partial charge in [-0.05, 0) is 26.7 Å². The Kier molecular flexibility index (Phi) is 6.13. The second kappa shape index (κ2) is 7.65. The first-order valence-corrected chi connectivity index (χ1v) is 6.11. The quantitative estimate of drug-likeness (QED) is 0.646. The van der Waals surface area contributed by atoms with E-state index in [1.54, 1.807) is 0 Å². The van der Waals surface area contributed by atoms with E-state index >= 15 is 0 Å². The molecule has 1 rings (SSSR count). The van der Waals surface area contributed by atoms with Gasteiger partial charge in [0.05, 0.1) is 6.10 Å². The number of amides is 1. The van der Waals surface area contributed by atoms with E-state index in [2.05, 4.69) is 15.4 Å². The van der Waals surface area contributed by atoms with Crippen molar-refractivity contribution in [1.82, 2.24) is 20.1 Å². The van der Waals surface area contributed by atoms with Gasteiger partial charge in [-0.15, -0.1) is 5.10 Å². The van der Waals surface area contributed by atoms with Gasteiger partial charge in [0.25, 0.3) is 0 Å². The van der Waals surface area contributed by atoms with Crippen LogP contribution in [0.25, 0.3) is 0 Å². The predicted molar refractivity (Wildman–Crippen MR) is 67.8 cm³/mol. The number of nitrogens with zero attached hydrogens (tertiary/aromatic N) is 3. The molecule has 0 aromatic carbocycles. The molecule has 7 nitrogen and oxygen atoms in total.